The van der Waals surface area contributed by atoms with Crippen LogP contribution in [0.15, 0.2) is 0 Å². The third-order valence-corrected chi connectivity index (χ3v) is 5.52. The number of carboxylic acids is 2. The first-order valence-electron chi connectivity index (χ1n) is 4.27. The van der Waals surface area contributed by atoms with Crippen molar-refractivity contribution >= 4 is 33.1 Å². The third-order valence-electron chi connectivity index (χ3n) is 1.49. The number of hydrogen-bond donors (Lipinski definition) is 2. The Morgan fingerprint density at radius 1 is 0.923 bits per heavy atom. The first-order chi connectivity index (χ1) is 6.13. The maximum atomic E-state index is 10.1. The van der Waals surface area contributed by atoms with Crippen LogP contribution >= 0.6 is 0 Å². The Bertz CT molecular complexity index is 152. The van der Waals surface area contributed by atoms with Crippen LogP contribution in [0.5, 0.6) is 0 Å². The van der Waals surface area contributed by atoms with E-state index in [2.05, 4.69) is 0 Å². The number of hydrogen-bond acceptors (Lipinski definition) is 2. The second kappa shape index (κ2) is 8.34. The summed E-state index contributed by atoms with van der Waals surface area (Å²) in [6.45, 7) is 0. The van der Waals surface area contributed by atoms with E-state index in [0.717, 1.165) is 21.7 Å². The zero-order valence-electron chi connectivity index (χ0n) is 7.45. The molecule has 5 heteroatoms. The van der Waals surface area contributed by atoms with Gasteiger partial charge in [0.1, 0.15) is 0 Å². The molecule has 0 aromatic rings. The van der Waals surface area contributed by atoms with Gasteiger partial charge in [0.05, 0.1) is 0 Å². The molecule has 0 aliphatic carbocycles. The van der Waals surface area contributed by atoms with Crippen molar-refractivity contribution < 1.29 is 19.8 Å². The van der Waals surface area contributed by atoms with Gasteiger partial charge in [0.2, 0.25) is 0 Å². The van der Waals surface area contributed by atoms with Crippen molar-refractivity contribution in [2.45, 2.75) is 34.6 Å². The van der Waals surface area contributed by atoms with Gasteiger partial charge in [-0.25, -0.2) is 0 Å². The maximum absolute atomic E-state index is 10.1. The Morgan fingerprint density at radius 3 is 1.62 bits per heavy atom. The number of carbonyl (C=O) groups is 2. The molecule has 0 saturated heterocycles. The Hall–Kier alpha value is -0.261. The summed E-state index contributed by atoms with van der Waals surface area (Å²) in [5, 5.41) is 16.7. The SMILES string of the molecule is O=C(O)CC[CH2][Sn][CH2]CCC(=O)O. The molecule has 0 atom stereocenters. The summed E-state index contributed by atoms with van der Waals surface area (Å²) in [5.41, 5.74) is 0. The summed E-state index contributed by atoms with van der Waals surface area (Å²) in [7, 11) is 0. The summed E-state index contributed by atoms with van der Waals surface area (Å²) in [6, 6.07) is 0. The van der Waals surface area contributed by atoms with Crippen molar-refractivity contribution in [3.05, 3.63) is 0 Å². The molecule has 2 radical (unpaired) electrons. The third kappa shape index (κ3) is 11.7. The Labute approximate surface area is 87.6 Å². The van der Waals surface area contributed by atoms with E-state index >= 15 is 0 Å². The number of rotatable bonds is 8. The van der Waals surface area contributed by atoms with Crippen LogP contribution in [0.25, 0.3) is 0 Å². The van der Waals surface area contributed by atoms with Crippen LogP contribution < -0.4 is 0 Å². The van der Waals surface area contributed by atoms with Gasteiger partial charge in [-0.15, -0.1) is 0 Å². The van der Waals surface area contributed by atoms with Crippen LogP contribution in [-0.2, 0) is 9.59 Å². The van der Waals surface area contributed by atoms with Crippen molar-refractivity contribution in [3.8, 4) is 0 Å². The van der Waals surface area contributed by atoms with Crippen LogP contribution in [0.3, 0.4) is 0 Å². The van der Waals surface area contributed by atoms with Gasteiger partial charge >= 0.3 is 87.4 Å². The van der Waals surface area contributed by atoms with E-state index < -0.39 is 33.1 Å². The first kappa shape index (κ1) is 12.7. The van der Waals surface area contributed by atoms with Gasteiger partial charge in [0, 0.05) is 0 Å². The summed E-state index contributed by atoms with van der Waals surface area (Å²) in [4.78, 5) is 20.2. The predicted octanol–water partition coefficient (Wildman–Crippen LogP) is 1.26. The van der Waals surface area contributed by atoms with E-state index in [9.17, 15) is 9.59 Å². The van der Waals surface area contributed by atoms with E-state index in [4.69, 9.17) is 10.2 Å². The van der Waals surface area contributed by atoms with E-state index in [1.807, 2.05) is 0 Å². The van der Waals surface area contributed by atoms with Crippen LogP contribution in [0.2, 0.25) is 8.87 Å². The molecule has 0 saturated carbocycles. The minimum absolute atomic E-state index is 0.264. The van der Waals surface area contributed by atoms with Crippen LogP contribution in [0.4, 0.5) is 0 Å². The average Bonchev–Trinajstić information content (AvgIpc) is 2.01. The summed E-state index contributed by atoms with van der Waals surface area (Å²) in [6.07, 6.45) is 2.07. The molecular formula is C8H14O4Sn. The summed E-state index contributed by atoms with van der Waals surface area (Å²) < 4.78 is 2.10. The predicted molar refractivity (Wildman–Crippen MR) is 49.1 cm³/mol. The van der Waals surface area contributed by atoms with Crippen molar-refractivity contribution in [3.63, 3.8) is 0 Å². The second-order valence-corrected chi connectivity index (χ2v) is 7.03. The van der Waals surface area contributed by atoms with E-state index in [0.29, 0.717) is 0 Å². The van der Waals surface area contributed by atoms with Crippen molar-refractivity contribution in [2.75, 3.05) is 0 Å². The molecule has 0 amide bonds. The quantitative estimate of drug-likeness (QED) is 0.522. The summed E-state index contributed by atoms with van der Waals surface area (Å²) in [5.74, 6) is -1.46. The van der Waals surface area contributed by atoms with Gasteiger partial charge < -0.3 is 0 Å². The van der Waals surface area contributed by atoms with E-state index in [1.54, 1.807) is 0 Å². The van der Waals surface area contributed by atoms with Gasteiger partial charge in [0.15, 0.2) is 0 Å². The van der Waals surface area contributed by atoms with Crippen molar-refractivity contribution in [1.82, 2.24) is 0 Å². The van der Waals surface area contributed by atoms with Gasteiger partial charge in [-0.05, 0) is 0 Å². The number of carboxylic acid groups (broad SMARTS) is 2. The zero-order valence-corrected chi connectivity index (χ0v) is 10.3. The minimum atomic E-state index is -0.732. The fourth-order valence-electron chi connectivity index (χ4n) is 0.854. The average molecular weight is 293 g/mol. The molecule has 0 aromatic carbocycles. The second-order valence-electron chi connectivity index (χ2n) is 2.74. The molecule has 0 aliphatic heterocycles. The van der Waals surface area contributed by atoms with Crippen LogP contribution in [-0.4, -0.2) is 43.3 Å². The molecule has 13 heavy (non-hydrogen) atoms. The molecule has 0 heterocycles. The molecule has 0 unspecified atom stereocenters. The molecule has 0 fully saturated rings. The van der Waals surface area contributed by atoms with E-state index in [1.165, 1.54) is 0 Å². The molecule has 4 nitrogen and oxygen atoms in total. The molecule has 0 spiro atoms. The topological polar surface area (TPSA) is 74.6 Å². The summed E-state index contributed by atoms with van der Waals surface area (Å²) >= 11 is -0.455. The first-order valence-corrected chi connectivity index (χ1v) is 8.31. The van der Waals surface area contributed by atoms with Crippen LogP contribution in [0, 0.1) is 0 Å². The molecule has 0 aliphatic rings. The molecular weight excluding hydrogens is 279 g/mol. The fraction of sp³-hybridized carbons (Fsp3) is 0.750. The number of aliphatic carboxylic acids is 2. The molecule has 0 bridgehead atoms. The molecule has 0 rings (SSSR count). The van der Waals surface area contributed by atoms with Crippen molar-refractivity contribution in [2.24, 2.45) is 0 Å². The molecule has 74 valence electrons. The fourth-order valence-corrected chi connectivity index (χ4v) is 4.00. The molecule has 2 N–H and O–H groups in total. The van der Waals surface area contributed by atoms with Crippen LogP contribution in [0.1, 0.15) is 25.7 Å². The van der Waals surface area contributed by atoms with Gasteiger partial charge in [-0.2, -0.15) is 0 Å². The van der Waals surface area contributed by atoms with Gasteiger partial charge in [-0.1, -0.05) is 0 Å². The Balaban J connectivity index is 3.00. The van der Waals surface area contributed by atoms with Gasteiger partial charge in [-0.3, -0.25) is 0 Å². The zero-order chi connectivity index (χ0) is 10.1. The standard InChI is InChI=1S/2C4H7O2.Sn/c2*1-2-3-4(5)6;/h2*1-3H2,(H,5,6);. The normalized spacial score (nSPS) is 9.85. The monoisotopic (exact) mass is 294 g/mol. The van der Waals surface area contributed by atoms with Gasteiger partial charge in [0.25, 0.3) is 0 Å². The Morgan fingerprint density at radius 2 is 1.31 bits per heavy atom. The Kier molecular flexibility index (Phi) is 8.17. The van der Waals surface area contributed by atoms with E-state index in [-0.39, 0.29) is 12.8 Å². The van der Waals surface area contributed by atoms with Crippen molar-refractivity contribution in [1.29, 1.82) is 0 Å². The molecule has 0 aromatic heterocycles.